The maximum atomic E-state index is 13.4. The highest BCUT2D eigenvalue weighted by atomic mass is 32.2. The van der Waals surface area contributed by atoms with Crippen molar-refractivity contribution in [3.8, 4) is 0 Å². The molecule has 6 nitrogen and oxygen atoms in total. The van der Waals surface area contributed by atoms with E-state index in [2.05, 4.69) is 10.8 Å². The van der Waals surface area contributed by atoms with Gasteiger partial charge in [0.1, 0.15) is 11.2 Å². The molecule has 0 amide bonds. The Morgan fingerprint density at radius 1 is 1.06 bits per heavy atom. The second kappa shape index (κ2) is 8.95. The molecular formula is C26H29NO5S. The lowest BCUT2D eigenvalue weighted by Gasteiger charge is -2.31. The Morgan fingerprint density at radius 3 is 2.70 bits per heavy atom. The van der Waals surface area contributed by atoms with E-state index in [0.29, 0.717) is 23.8 Å². The van der Waals surface area contributed by atoms with E-state index in [1.807, 2.05) is 30.3 Å². The zero-order valence-corrected chi connectivity index (χ0v) is 19.3. The number of carboxylic acid groups (broad SMARTS) is 1. The maximum absolute atomic E-state index is 13.4. The summed E-state index contributed by atoms with van der Waals surface area (Å²) in [6.45, 7) is 0. The molecule has 0 unspecified atom stereocenters. The van der Waals surface area contributed by atoms with Gasteiger partial charge in [0.2, 0.25) is 10.0 Å². The molecule has 174 valence electrons. The van der Waals surface area contributed by atoms with E-state index in [-0.39, 0.29) is 23.3 Å². The van der Waals surface area contributed by atoms with Gasteiger partial charge in [0.05, 0.1) is 4.90 Å². The van der Waals surface area contributed by atoms with E-state index in [1.165, 1.54) is 0 Å². The van der Waals surface area contributed by atoms with Gasteiger partial charge in [-0.1, -0.05) is 30.4 Å². The van der Waals surface area contributed by atoms with Crippen LogP contribution in [0.5, 0.6) is 0 Å². The molecule has 5 rings (SSSR count). The van der Waals surface area contributed by atoms with Crippen LogP contribution in [0.15, 0.2) is 63.9 Å². The number of unbranched alkanes of at least 4 members (excludes halogenated alkanes) is 1. The first kappa shape index (κ1) is 22.2. The molecule has 2 bridgehead atoms. The molecule has 3 aromatic rings. The van der Waals surface area contributed by atoms with Crippen molar-refractivity contribution in [3.05, 3.63) is 54.6 Å². The lowest BCUT2D eigenvalue weighted by Crippen LogP contribution is -2.43. The normalized spacial score (nSPS) is 25.0. The summed E-state index contributed by atoms with van der Waals surface area (Å²) in [5.74, 6) is 0.445. The number of benzene rings is 2. The van der Waals surface area contributed by atoms with Crippen LogP contribution in [-0.4, -0.2) is 25.5 Å². The largest absolute Gasteiger partial charge is 0.481 e. The predicted molar refractivity (Wildman–Crippen MR) is 127 cm³/mol. The van der Waals surface area contributed by atoms with Crippen LogP contribution < -0.4 is 4.72 Å². The van der Waals surface area contributed by atoms with Crippen molar-refractivity contribution in [1.82, 2.24) is 4.72 Å². The Bertz CT molecular complexity index is 1310. The average Bonchev–Trinajstić information content (AvgIpc) is 3.49. The smallest absolute Gasteiger partial charge is 0.303 e. The number of sulfonamides is 1. The standard InChI is InChI=1S/C26H29NO5S/c28-25(29)10-4-2-1-3-7-20-17-11-12-18(15-17)26(20)27-33(30,31)19-13-14-24-22(16-19)21-8-5-6-9-23(21)32-24/h1,3,5-6,8-9,13-14,16-18,20,26-27H,2,4,7,10-12,15H2,(H,28,29)/b3-1-/t17-,18-,20+,26+/m0/s1. The number of carbonyl (C=O) groups is 1. The second-order valence-electron chi connectivity index (χ2n) is 9.39. The topological polar surface area (TPSA) is 96.6 Å². The molecule has 33 heavy (non-hydrogen) atoms. The molecule has 0 spiro atoms. The predicted octanol–water partition coefficient (Wildman–Crippen LogP) is 5.48. The minimum atomic E-state index is -3.67. The molecule has 2 saturated carbocycles. The Kier molecular flexibility index (Phi) is 6.01. The Labute approximate surface area is 193 Å². The second-order valence-corrected chi connectivity index (χ2v) is 11.1. The molecule has 2 aliphatic carbocycles. The van der Waals surface area contributed by atoms with Gasteiger partial charge in [-0.25, -0.2) is 13.1 Å². The number of carboxylic acids is 1. The van der Waals surface area contributed by atoms with Crippen LogP contribution in [0.3, 0.4) is 0 Å². The van der Waals surface area contributed by atoms with E-state index >= 15 is 0 Å². The van der Waals surface area contributed by atoms with Crippen LogP contribution in [-0.2, 0) is 14.8 Å². The molecule has 0 saturated heterocycles. The van der Waals surface area contributed by atoms with Crippen LogP contribution in [0.1, 0.15) is 44.9 Å². The highest BCUT2D eigenvalue weighted by molar-refractivity contribution is 7.89. The zero-order valence-electron chi connectivity index (χ0n) is 18.4. The molecule has 1 heterocycles. The lowest BCUT2D eigenvalue weighted by molar-refractivity contribution is -0.137. The molecule has 2 aliphatic rings. The summed E-state index contributed by atoms with van der Waals surface area (Å²) in [5, 5.41) is 10.5. The van der Waals surface area contributed by atoms with Crippen LogP contribution in [0, 0.1) is 17.8 Å². The Balaban J connectivity index is 1.33. The highest BCUT2D eigenvalue weighted by Crippen LogP contribution is 2.50. The fraction of sp³-hybridized carbons (Fsp3) is 0.423. The first-order valence-corrected chi connectivity index (χ1v) is 13.2. The number of para-hydroxylation sites is 1. The summed E-state index contributed by atoms with van der Waals surface area (Å²) in [6, 6.07) is 12.7. The lowest BCUT2D eigenvalue weighted by atomic mass is 9.83. The van der Waals surface area contributed by atoms with Crippen LogP contribution >= 0.6 is 0 Å². The van der Waals surface area contributed by atoms with Gasteiger partial charge in [0, 0.05) is 23.2 Å². The monoisotopic (exact) mass is 467 g/mol. The fourth-order valence-corrected chi connectivity index (χ4v) is 7.18. The highest BCUT2D eigenvalue weighted by Gasteiger charge is 2.48. The zero-order chi connectivity index (χ0) is 23.0. The number of furan rings is 1. The van der Waals surface area contributed by atoms with Crippen LogP contribution in [0.25, 0.3) is 21.9 Å². The van der Waals surface area contributed by atoms with Gasteiger partial charge in [-0.2, -0.15) is 0 Å². The summed E-state index contributed by atoms with van der Waals surface area (Å²) in [5.41, 5.74) is 1.43. The molecule has 1 aromatic heterocycles. The molecule has 7 heteroatoms. The SMILES string of the molecule is O=C(O)CCC/C=C\C[C@@H]1[C@H]2CC[C@@H](C2)[C@H]1NS(=O)(=O)c1ccc2oc3ccccc3c2c1. The van der Waals surface area contributed by atoms with Gasteiger partial charge in [-0.15, -0.1) is 0 Å². The van der Waals surface area contributed by atoms with Gasteiger partial charge >= 0.3 is 5.97 Å². The Morgan fingerprint density at radius 2 is 1.85 bits per heavy atom. The number of fused-ring (bicyclic) bond motifs is 5. The van der Waals surface area contributed by atoms with Crippen LogP contribution in [0.4, 0.5) is 0 Å². The molecule has 4 atom stereocenters. The molecule has 2 fully saturated rings. The van der Waals surface area contributed by atoms with Crippen molar-refractivity contribution < 1.29 is 22.7 Å². The first-order valence-electron chi connectivity index (χ1n) is 11.7. The minimum Gasteiger partial charge on any atom is -0.481 e. The van der Waals surface area contributed by atoms with E-state index in [0.717, 1.165) is 48.5 Å². The summed E-state index contributed by atoms with van der Waals surface area (Å²) < 4.78 is 35.6. The van der Waals surface area contributed by atoms with E-state index < -0.39 is 16.0 Å². The van der Waals surface area contributed by atoms with Crippen molar-refractivity contribution >= 4 is 37.9 Å². The number of nitrogens with one attached hydrogen (secondary N) is 1. The van der Waals surface area contributed by atoms with E-state index in [9.17, 15) is 13.2 Å². The minimum absolute atomic E-state index is 0.0609. The van der Waals surface area contributed by atoms with Crippen molar-refractivity contribution in [2.24, 2.45) is 17.8 Å². The van der Waals surface area contributed by atoms with Crippen molar-refractivity contribution in [2.75, 3.05) is 0 Å². The Hall–Kier alpha value is -2.64. The quantitative estimate of drug-likeness (QED) is 0.321. The van der Waals surface area contributed by atoms with Gasteiger partial charge in [0.25, 0.3) is 0 Å². The number of hydrogen-bond acceptors (Lipinski definition) is 4. The van der Waals surface area contributed by atoms with Gasteiger partial charge in [-0.3, -0.25) is 4.79 Å². The van der Waals surface area contributed by atoms with E-state index in [4.69, 9.17) is 9.52 Å². The summed E-state index contributed by atoms with van der Waals surface area (Å²) in [7, 11) is -3.67. The first-order chi connectivity index (χ1) is 15.9. The molecule has 0 aliphatic heterocycles. The van der Waals surface area contributed by atoms with Crippen molar-refractivity contribution in [1.29, 1.82) is 0 Å². The van der Waals surface area contributed by atoms with Gasteiger partial charge in [0.15, 0.2) is 0 Å². The van der Waals surface area contributed by atoms with Crippen LogP contribution in [0.2, 0.25) is 0 Å². The molecular weight excluding hydrogens is 438 g/mol. The third-order valence-electron chi connectivity index (χ3n) is 7.37. The summed E-state index contributed by atoms with van der Waals surface area (Å²) in [6.07, 6.45) is 9.83. The number of allylic oxidation sites excluding steroid dienone is 2. The number of hydrogen-bond donors (Lipinski definition) is 2. The fourth-order valence-electron chi connectivity index (χ4n) is 5.80. The van der Waals surface area contributed by atoms with Gasteiger partial charge < -0.3 is 9.52 Å². The third kappa shape index (κ3) is 4.44. The summed E-state index contributed by atoms with van der Waals surface area (Å²) >= 11 is 0. The molecule has 0 radical (unpaired) electrons. The molecule has 2 aromatic carbocycles. The molecule has 2 N–H and O–H groups in total. The van der Waals surface area contributed by atoms with Crippen molar-refractivity contribution in [2.45, 2.75) is 55.9 Å². The van der Waals surface area contributed by atoms with Crippen molar-refractivity contribution in [3.63, 3.8) is 0 Å². The number of rotatable bonds is 9. The average molecular weight is 468 g/mol. The van der Waals surface area contributed by atoms with Gasteiger partial charge in [-0.05, 0) is 80.5 Å². The maximum Gasteiger partial charge on any atom is 0.303 e. The number of aliphatic carboxylic acids is 1. The summed E-state index contributed by atoms with van der Waals surface area (Å²) in [4.78, 5) is 10.9. The van der Waals surface area contributed by atoms with E-state index in [1.54, 1.807) is 18.2 Å². The third-order valence-corrected chi connectivity index (χ3v) is 8.83.